The van der Waals surface area contributed by atoms with E-state index in [1.807, 2.05) is 48.2 Å². The Morgan fingerprint density at radius 3 is 2.67 bits per heavy atom. The normalized spacial score (nSPS) is 15.6. The van der Waals surface area contributed by atoms with Gasteiger partial charge in [-0.2, -0.15) is 0 Å². The molecule has 6 nitrogen and oxygen atoms in total. The summed E-state index contributed by atoms with van der Waals surface area (Å²) < 4.78 is 5.26. The summed E-state index contributed by atoms with van der Waals surface area (Å²) in [7, 11) is 1.55. The smallest absolute Gasteiger partial charge is 0.247 e. The number of carbonyl (C=O) groups excluding carboxylic acids is 2. The van der Waals surface area contributed by atoms with Gasteiger partial charge in [-0.25, -0.2) is 0 Å². The van der Waals surface area contributed by atoms with Crippen molar-refractivity contribution in [2.75, 3.05) is 29.2 Å². The quantitative estimate of drug-likeness (QED) is 0.770. The SMILES string of the molecule is C=C(C)CN1c2ccccc2NC(=O)[C@@H]1CC(=O)Nc1ccccc1OC. The van der Waals surface area contributed by atoms with Crippen LogP contribution in [-0.4, -0.2) is 31.5 Å². The molecule has 0 bridgehead atoms. The third-order valence-corrected chi connectivity index (χ3v) is 4.35. The molecule has 1 aliphatic rings. The number of benzene rings is 2. The number of nitrogens with one attached hydrogen (secondary N) is 2. The number of fused-ring (bicyclic) bond motifs is 1. The van der Waals surface area contributed by atoms with Gasteiger partial charge in [0.1, 0.15) is 11.8 Å². The molecule has 27 heavy (non-hydrogen) atoms. The number of methoxy groups -OCH3 is 1. The molecular formula is C21H23N3O3. The highest BCUT2D eigenvalue weighted by Crippen LogP contribution is 2.33. The second-order valence-electron chi connectivity index (χ2n) is 6.56. The van der Waals surface area contributed by atoms with E-state index in [2.05, 4.69) is 17.2 Å². The fraction of sp³-hybridized carbons (Fsp3) is 0.238. The van der Waals surface area contributed by atoms with Crippen LogP contribution in [0.25, 0.3) is 0 Å². The standard InChI is InChI=1S/C21H23N3O3/c1-14(2)13-24-17-10-6-4-8-15(17)23-21(26)18(24)12-20(25)22-16-9-5-7-11-19(16)27-3/h4-11,18H,1,12-13H2,2-3H3,(H,22,25)(H,23,26)/t18-/m0/s1. The summed E-state index contributed by atoms with van der Waals surface area (Å²) in [5, 5.41) is 5.72. The van der Waals surface area contributed by atoms with Crippen LogP contribution in [0.2, 0.25) is 0 Å². The lowest BCUT2D eigenvalue weighted by atomic mass is 10.0. The predicted molar refractivity (Wildman–Crippen MR) is 107 cm³/mol. The Morgan fingerprint density at radius 2 is 1.93 bits per heavy atom. The predicted octanol–water partition coefficient (Wildman–Crippen LogP) is 3.43. The zero-order valence-corrected chi connectivity index (χ0v) is 15.5. The third-order valence-electron chi connectivity index (χ3n) is 4.35. The van der Waals surface area contributed by atoms with Crippen molar-refractivity contribution in [3.8, 4) is 5.75 Å². The molecule has 0 fully saturated rings. The van der Waals surface area contributed by atoms with E-state index in [4.69, 9.17) is 4.74 Å². The van der Waals surface area contributed by atoms with E-state index >= 15 is 0 Å². The summed E-state index contributed by atoms with van der Waals surface area (Å²) in [6.45, 7) is 6.36. The maximum atomic E-state index is 12.7. The molecule has 0 radical (unpaired) electrons. The number of carbonyl (C=O) groups is 2. The first-order chi connectivity index (χ1) is 13.0. The van der Waals surface area contributed by atoms with Gasteiger partial charge in [0.15, 0.2) is 0 Å². The van der Waals surface area contributed by atoms with Crippen LogP contribution in [0.4, 0.5) is 17.1 Å². The van der Waals surface area contributed by atoms with Crippen molar-refractivity contribution >= 4 is 28.9 Å². The van der Waals surface area contributed by atoms with E-state index < -0.39 is 6.04 Å². The van der Waals surface area contributed by atoms with Gasteiger partial charge in [0.2, 0.25) is 11.8 Å². The summed E-state index contributed by atoms with van der Waals surface area (Å²) in [6, 6.07) is 14.1. The molecule has 6 heteroatoms. The highest BCUT2D eigenvalue weighted by atomic mass is 16.5. The second kappa shape index (κ2) is 7.95. The van der Waals surface area contributed by atoms with Crippen molar-refractivity contribution in [3.05, 3.63) is 60.7 Å². The molecule has 140 valence electrons. The molecule has 2 N–H and O–H groups in total. The molecular weight excluding hydrogens is 342 g/mol. The van der Waals surface area contributed by atoms with Crippen LogP contribution in [0.5, 0.6) is 5.75 Å². The summed E-state index contributed by atoms with van der Waals surface area (Å²) >= 11 is 0. The highest BCUT2D eigenvalue weighted by molar-refractivity contribution is 6.06. The maximum Gasteiger partial charge on any atom is 0.247 e. The molecule has 0 saturated carbocycles. The molecule has 0 aromatic heterocycles. The average molecular weight is 365 g/mol. The van der Waals surface area contributed by atoms with Gasteiger partial charge >= 0.3 is 0 Å². The van der Waals surface area contributed by atoms with Crippen LogP contribution in [0.1, 0.15) is 13.3 Å². The lowest BCUT2D eigenvalue weighted by molar-refractivity contribution is -0.122. The number of hydrogen-bond acceptors (Lipinski definition) is 4. The van der Waals surface area contributed by atoms with Gasteiger partial charge in [0.05, 0.1) is 30.6 Å². The van der Waals surface area contributed by atoms with Crippen molar-refractivity contribution in [1.29, 1.82) is 0 Å². The van der Waals surface area contributed by atoms with Crippen LogP contribution >= 0.6 is 0 Å². The minimum atomic E-state index is -0.619. The zero-order valence-electron chi connectivity index (χ0n) is 15.5. The van der Waals surface area contributed by atoms with Gasteiger partial charge in [0.25, 0.3) is 0 Å². The molecule has 0 spiro atoms. The van der Waals surface area contributed by atoms with Crippen LogP contribution < -0.4 is 20.3 Å². The van der Waals surface area contributed by atoms with Crippen molar-refractivity contribution < 1.29 is 14.3 Å². The average Bonchev–Trinajstić information content (AvgIpc) is 2.64. The summed E-state index contributed by atoms with van der Waals surface area (Å²) in [6.07, 6.45) is 0.0193. The zero-order chi connectivity index (χ0) is 19.4. The largest absolute Gasteiger partial charge is 0.495 e. The van der Waals surface area contributed by atoms with E-state index in [1.165, 1.54) is 0 Å². The van der Waals surface area contributed by atoms with Gasteiger partial charge in [-0.05, 0) is 31.2 Å². The number of hydrogen-bond donors (Lipinski definition) is 2. The van der Waals surface area contributed by atoms with Crippen LogP contribution in [0, 0.1) is 0 Å². The maximum absolute atomic E-state index is 12.7. The Labute approximate surface area is 158 Å². The van der Waals surface area contributed by atoms with Gasteiger partial charge < -0.3 is 20.3 Å². The summed E-state index contributed by atoms with van der Waals surface area (Å²) in [5.74, 6) is 0.110. The van der Waals surface area contributed by atoms with Crippen molar-refractivity contribution in [2.24, 2.45) is 0 Å². The van der Waals surface area contributed by atoms with Crippen molar-refractivity contribution in [1.82, 2.24) is 0 Å². The van der Waals surface area contributed by atoms with Gasteiger partial charge in [-0.3, -0.25) is 9.59 Å². The minimum Gasteiger partial charge on any atom is -0.495 e. The fourth-order valence-corrected chi connectivity index (χ4v) is 3.17. The highest BCUT2D eigenvalue weighted by Gasteiger charge is 2.34. The first kappa shape index (κ1) is 18.5. The Hall–Kier alpha value is -3.28. The lowest BCUT2D eigenvalue weighted by Crippen LogP contribution is -2.50. The van der Waals surface area contributed by atoms with E-state index in [1.54, 1.807) is 19.2 Å². The number of nitrogens with zero attached hydrogens (tertiary/aromatic N) is 1. The minimum absolute atomic E-state index is 0.0193. The fourth-order valence-electron chi connectivity index (χ4n) is 3.17. The molecule has 2 aromatic carbocycles. The Balaban J connectivity index is 1.82. The molecule has 3 rings (SSSR count). The number of amides is 2. The Bertz CT molecular complexity index is 878. The van der Waals surface area contributed by atoms with E-state index in [0.717, 1.165) is 16.9 Å². The first-order valence-corrected chi connectivity index (χ1v) is 8.73. The Kier molecular flexibility index (Phi) is 5.45. The van der Waals surface area contributed by atoms with Gasteiger partial charge in [-0.15, -0.1) is 0 Å². The molecule has 2 amide bonds. The monoisotopic (exact) mass is 365 g/mol. The molecule has 1 heterocycles. The lowest BCUT2D eigenvalue weighted by Gasteiger charge is -2.38. The van der Waals surface area contributed by atoms with Crippen molar-refractivity contribution in [3.63, 3.8) is 0 Å². The third kappa shape index (κ3) is 4.11. The van der Waals surface area contributed by atoms with Crippen LogP contribution in [0.3, 0.4) is 0 Å². The number of ether oxygens (including phenoxy) is 1. The number of rotatable bonds is 6. The van der Waals surface area contributed by atoms with E-state index in [9.17, 15) is 9.59 Å². The topological polar surface area (TPSA) is 70.7 Å². The van der Waals surface area contributed by atoms with Gasteiger partial charge in [-0.1, -0.05) is 36.4 Å². The molecule has 0 unspecified atom stereocenters. The summed E-state index contributed by atoms with van der Waals surface area (Å²) in [5.41, 5.74) is 3.11. The molecule has 2 aromatic rings. The van der Waals surface area contributed by atoms with Crippen molar-refractivity contribution in [2.45, 2.75) is 19.4 Å². The van der Waals surface area contributed by atoms with E-state index in [-0.39, 0.29) is 18.2 Å². The molecule has 0 aliphatic carbocycles. The molecule has 0 saturated heterocycles. The van der Waals surface area contributed by atoms with Gasteiger partial charge in [0, 0.05) is 6.54 Å². The van der Waals surface area contributed by atoms with E-state index in [0.29, 0.717) is 18.0 Å². The number of anilines is 3. The molecule has 1 aliphatic heterocycles. The van der Waals surface area contributed by atoms with Crippen LogP contribution in [-0.2, 0) is 9.59 Å². The summed E-state index contributed by atoms with van der Waals surface area (Å²) in [4.78, 5) is 27.2. The van der Waals surface area contributed by atoms with Crippen LogP contribution in [0.15, 0.2) is 60.7 Å². The first-order valence-electron chi connectivity index (χ1n) is 8.73. The second-order valence-corrected chi connectivity index (χ2v) is 6.56. The Morgan fingerprint density at radius 1 is 1.22 bits per heavy atom. The molecule has 1 atom stereocenters. The number of para-hydroxylation sites is 4.